The fourth-order valence-corrected chi connectivity index (χ4v) is 1.51. The molecule has 78 valence electrons. The van der Waals surface area contributed by atoms with Gasteiger partial charge < -0.3 is 5.73 Å². The van der Waals surface area contributed by atoms with Crippen molar-refractivity contribution in [3.05, 3.63) is 30.1 Å². The molecule has 0 aliphatic carbocycles. The van der Waals surface area contributed by atoms with Crippen molar-refractivity contribution in [1.82, 2.24) is 9.78 Å². The first-order chi connectivity index (χ1) is 6.69. The molecule has 0 saturated carbocycles. The SMILES string of the molecule is C=CCCC(N)c1cc(CC)nn1C. The molecule has 14 heavy (non-hydrogen) atoms. The van der Waals surface area contributed by atoms with E-state index in [1.165, 1.54) is 0 Å². The summed E-state index contributed by atoms with van der Waals surface area (Å²) in [6.45, 7) is 5.79. The molecule has 0 saturated heterocycles. The van der Waals surface area contributed by atoms with E-state index in [9.17, 15) is 0 Å². The highest BCUT2D eigenvalue weighted by Gasteiger charge is 2.11. The maximum absolute atomic E-state index is 6.04. The fraction of sp³-hybridized carbons (Fsp3) is 0.545. The number of nitrogens with zero attached hydrogens (tertiary/aromatic N) is 2. The van der Waals surface area contributed by atoms with Gasteiger partial charge in [0.05, 0.1) is 11.4 Å². The molecule has 0 radical (unpaired) electrons. The van der Waals surface area contributed by atoms with Crippen molar-refractivity contribution >= 4 is 0 Å². The first-order valence-corrected chi connectivity index (χ1v) is 5.08. The van der Waals surface area contributed by atoms with Crippen LogP contribution in [0.15, 0.2) is 18.7 Å². The topological polar surface area (TPSA) is 43.8 Å². The van der Waals surface area contributed by atoms with Crippen molar-refractivity contribution in [2.45, 2.75) is 32.2 Å². The molecule has 3 heteroatoms. The highest BCUT2D eigenvalue weighted by molar-refractivity contribution is 5.13. The van der Waals surface area contributed by atoms with Gasteiger partial charge in [-0.3, -0.25) is 4.68 Å². The van der Waals surface area contributed by atoms with Gasteiger partial charge >= 0.3 is 0 Å². The monoisotopic (exact) mass is 193 g/mol. The van der Waals surface area contributed by atoms with Crippen molar-refractivity contribution in [3.63, 3.8) is 0 Å². The van der Waals surface area contributed by atoms with E-state index >= 15 is 0 Å². The van der Waals surface area contributed by atoms with Crippen molar-refractivity contribution < 1.29 is 0 Å². The summed E-state index contributed by atoms with van der Waals surface area (Å²) >= 11 is 0. The summed E-state index contributed by atoms with van der Waals surface area (Å²) in [4.78, 5) is 0. The highest BCUT2D eigenvalue weighted by atomic mass is 15.3. The van der Waals surface area contributed by atoms with Crippen LogP contribution in [0.4, 0.5) is 0 Å². The van der Waals surface area contributed by atoms with E-state index < -0.39 is 0 Å². The minimum Gasteiger partial charge on any atom is -0.323 e. The zero-order chi connectivity index (χ0) is 10.6. The highest BCUT2D eigenvalue weighted by Crippen LogP contribution is 2.16. The van der Waals surface area contributed by atoms with Crippen LogP contribution in [-0.2, 0) is 13.5 Å². The Hall–Kier alpha value is -1.09. The van der Waals surface area contributed by atoms with Crippen LogP contribution < -0.4 is 5.73 Å². The van der Waals surface area contributed by atoms with Gasteiger partial charge in [0.25, 0.3) is 0 Å². The lowest BCUT2D eigenvalue weighted by Gasteiger charge is -2.09. The molecule has 1 rings (SSSR count). The number of allylic oxidation sites excluding steroid dienone is 1. The Morgan fingerprint density at radius 3 is 2.93 bits per heavy atom. The number of aromatic nitrogens is 2. The normalized spacial score (nSPS) is 12.8. The first-order valence-electron chi connectivity index (χ1n) is 5.08. The predicted octanol–water partition coefficient (Wildman–Crippen LogP) is 1.95. The lowest BCUT2D eigenvalue weighted by atomic mass is 10.1. The molecule has 1 atom stereocenters. The largest absolute Gasteiger partial charge is 0.323 e. The van der Waals surface area contributed by atoms with Gasteiger partial charge in [-0.05, 0) is 25.3 Å². The summed E-state index contributed by atoms with van der Waals surface area (Å²) < 4.78 is 1.88. The first kappa shape index (κ1) is 11.0. The minimum atomic E-state index is 0.0748. The Bertz CT molecular complexity index is 301. The average Bonchev–Trinajstić information content (AvgIpc) is 2.56. The van der Waals surface area contributed by atoms with Gasteiger partial charge in [-0.25, -0.2) is 0 Å². The van der Waals surface area contributed by atoms with Crippen LogP contribution in [0.25, 0.3) is 0 Å². The third-order valence-electron chi connectivity index (χ3n) is 2.39. The van der Waals surface area contributed by atoms with Crippen molar-refractivity contribution in [1.29, 1.82) is 0 Å². The van der Waals surface area contributed by atoms with Gasteiger partial charge in [0.2, 0.25) is 0 Å². The lowest BCUT2D eigenvalue weighted by molar-refractivity contribution is 0.585. The quantitative estimate of drug-likeness (QED) is 0.726. The Morgan fingerprint density at radius 2 is 2.43 bits per heavy atom. The second kappa shape index (κ2) is 4.96. The second-order valence-electron chi connectivity index (χ2n) is 3.51. The number of hydrogen-bond acceptors (Lipinski definition) is 2. The number of rotatable bonds is 5. The van der Waals surface area contributed by atoms with Crippen LogP contribution in [0.1, 0.15) is 37.2 Å². The zero-order valence-electron chi connectivity index (χ0n) is 9.03. The van der Waals surface area contributed by atoms with Gasteiger partial charge in [0.1, 0.15) is 0 Å². The van der Waals surface area contributed by atoms with E-state index in [2.05, 4.69) is 24.7 Å². The van der Waals surface area contributed by atoms with Gasteiger partial charge in [-0.15, -0.1) is 6.58 Å². The molecule has 0 bridgehead atoms. The predicted molar refractivity (Wildman–Crippen MR) is 58.9 cm³/mol. The smallest absolute Gasteiger partial charge is 0.0625 e. The molecule has 1 heterocycles. The van der Waals surface area contributed by atoms with E-state index in [-0.39, 0.29) is 6.04 Å². The van der Waals surface area contributed by atoms with Gasteiger partial charge in [-0.1, -0.05) is 13.0 Å². The van der Waals surface area contributed by atoms with E-state index in [1.807, 2.05) is 17.8 Å². The third kappa shape index (κ3) is 2.45. The molecule has 0 fully saturated rings. The van der Waals surface area contributed by atoms with Gasteiger partial charge in [0, 0.05) is 13.1 Å². The summed E-state index contributed by atoms with van der Waals surface area (Å²) in [6, 6.07) is 2.17. The molecule has 0 aromatic carbocycles. The Labute approximate surface area is 85.6 Å². The second-order valence-corrected chi connectivity index (χ2v) is 3.51. The molecular formula is C11H19N3. The van der Waals surface area contributed by atoms with Crippen LogP contribution in [0, 0.1) is 0 Å². The lowest BCUT2D eigenvalue weighted by Crippen LogP contribution is -2.14. The van der Waals surface area contributed by atoms with E-state index in [4.69, 9.17) is 5.73 Å². The maximum Gasteiger partial charge on any atom is 0.0625 e. The van der Waals surface area contributed by atoms with Crippen LogP contribution in [-0.4, -0.2) is 9.78 Å². The van der Waals surface area contributed by atoms with Crippen molar-refractivity contribution in [2.24, 2.45) is 12.8 Å². The number of hydrogen-bond donors (Lipinski definition) is 1. The van der Waals surface area contributed by atoms with E-state index in [0.717, 1.165) is 30.7 Å². The van der Waals surface area contributed by atoms with Gasteiger partial charge in [0.15, 0.2) is 0 Å². The Morgan fingerprint density at radius 1 is 1.71 bits per heavy atom. The summed E-state index contributed by atoms with van der Waals surface area (Å²) in [5.41, 5.74) is 8.26. The molecule has 1 aromatic heterocycles. The molecular weight excluding hydrogens is 174 g/mol. The summed E-state index contributed by atoms with van der Waals surface area (Å²) in [6.07, 6.45) is 4.75. The number of nitrogens with two attached hydrogens (primary N) is 1. The van der Waals surface area contributed by atoms with Crippen LogP contribution in [0.5, 0.6) is 0 Å². The molecule has 3 nitrogen and oxygen atoms in total. The summed E-state index contributed by atoms with van der Waals surface area (Å²) in [5.74, 6) is 0. The molecule has 2 N–H and O–H groups in total. The number of aryl methyl sites for hydroxylation is 2. The average molecular weight is 193 g/mol. The zero-order valence-corrected chi connectivity index (χ0v) is 9.03. The van der Waals surface area contributed by atoms with Gasteiger partial charge in [-0.2, -0.15) is 5.10 Å². The standard InChI is InChI=1S/C11H19N3/c1-4-6-7-10(12)11-8-9(5-2)13-14(11)3/h4,8,10H,1,5-7,12H2,2-3H3. The molecule has 1 aromatic rings. The summed E-state index contributed by atoms with van der Waals surface area (Å²) in [7, 11) is 1.95. The van der Waals surface area contributed by atoms with E-state index in [1.54, 1.807) is 0 Å². The minimum absolute atomic E-state index is 0.0748. The Balaban J connectivity index is 2.72. The molecule has 0 aliphatic heterocycles. The van der Waals surface area contributed by atoms with Crippen molar-refractivity contribution in [3.8, 4) is 0 Å². The third-order valence-corrected chi connectivity index (χ3v) is 2.39. The van der Waals surface area contributed by atoms with Crippen molar-refractivity contribution in [2.75, 3.05) is 0 Å². The summed E-state index contributed by atoms with van der Waals surface area (Å²) in [5, 5.41) is 4.37. The maximum atomic E-state index is 6.04. The van der Waals surface area contributed by atoms with Crippen LogP contribution in [0.2, 0.25) is 0 Å². The molecule has 0 aliphatic rings. The van der Waals surface area contributed by atoms with Crippen LogP contribution >= 0.6 is 0 Å². The fourth-order valence-electron chi connectivity index (χ4n) is 1.51. The molecule has 0 amide bonds. The van der Waals surface area contributed by atoms with Crippen LogP contribution in [0.3, 0.4) is 0 Å². The Kier molecular flexibility index (Phi) is 3.89. The molecule has 0 spiro atoms. The van der Waals surface area contributed by atoms with E-state index in [0.29, 0.717) is 0 Å². The molecule has 1 unspecified atom stereocenters.